The van der Waals surface area contributed by atoms with Gasteiger partial charge in [-0.2, -0.15) is 4.31 Å². The number of aliphatic hydroxyl groups is 1. The van der Waals surface area contributed by atoms with Crippen molar-refractivity contribution >= 4 is 27.5 Å². The fourth-order valence-corrected chi connectivity index (χ4v) is 10.4. The average molecular weight is 726 g/mol. The summed E-state index contributed by atoms with van der Waals surface area (Å²) in [5.41, 5.74) is 3.73. The molecule has 1 aromatic heterocycles. The second-order valence-corrected chi connectivity index (χ2v) is 17.1. The molecule has 2 aromatic carbocycles. The fraction of sp³-hybridized carbons (Fsp3) is 0.568. The summed E-state index contributed by atoms with van der Waals surface area (Å²) in [6.07, 6.45) is 4.77. The number of carbonyl (C=O) groups is 1. The van der Waals surface area contributed by atoms with Crippen molar-refractivity contribution in [1.82, 2.24) is 14.6 Å². The predicted molar refractivity (Wildman–Crippen MR) is 188 cm³/mol. The van der Waals surface area contributed by atoms with Crippen LogP contribution in [-0.2, 0) is 42.0 Å². The van der Waals surface area contributed by atoms with Gasteiger partial charge in [-0.15, -0.1) is 11.3 Å². The lowest BCUT2D eigenvalue weighted by atomic mass is 9.80. The lowest BCUT2D eigenvalue weighted by Crippen LogP contribution is -2.52. The Morgan fingerprint density at radius 3 is 2.78 bits per heavy atom. The van der Waals surface area contributed by atoms with Crippen molar-refractivity contribution in [2.75, 3.05) is 32.9 Å². The number of thiazole rings is 1. The normalized spacial score (nSPS) is 29.5. The van der Waals surface area contributed by atoms with E-state index < -0.39 is 28.3 Å². The SMILES string of the molecule is CC12CO[C@@H]3OCC(CC31)[C@@H]2OC(=O)N[C@@H](Cc1ccccc1)[C@H](O)CN1CCCCCCCOCc2cc(-c3cncs3)ccc2S1(=O)=O. The molecule has 2 bridgehead atoms. The predicted octanol–water partition coefficient (Wildman–Crippen LogP) is 5.38. The molecule has 2 N–H and O–H groups in total. The first-order chi connectivity index (χ1) is 24.2. The summed E-state index contributed by atoms with van der Waals surface area (Å²) < 4.78 is 54.3. The zero-order valence-corrected chi connectivity index (χ0v) is 30.1. The van der Waals surface area contributed by atoms with E-state index in [2.05, 4.69) is 17.2 Å². The van der Waals surface area contributed by atoms with Crippen LogP contribution in [0.4, 0.5) is 4.79 Å². The first-order valence-electron chi connectivity index (χ1n) is 17.7. The van der Waals surface area contributed by atoms with Gasteiger partial charge in [0, 0.05) is 43.1 Å². The van der Waals surface area contributed by atoms with E-state index >= 15 is 0 Å². The highest BCUT2D eigenvalue weighted by Crippen LogP contribution is 2.57. The molecule has 3 aromatic rings. The van der Waals surface area contributed by atoms with Crippen LogP contribution in [0.1, 0.15) is 56.6 Å². The van der Waals surface area contributed by atoms with Crippen LogP contribution in [-0.4, -0.2) is 86.4 Å². The smallest absolute Gasteiger partial charge is 0.407 e. The lowest BCUT2D eigenvalue weighted by molar-refractivity contribution is -0.170. The molecule has 1 aliphatic carbocycles. The van der Waals surface area contributed by atoms with Crippen LogP contribution in [0.2, 0.25) is 0 Å². The van der Waals surface area contributed by atoms with Gasteiger partial charge >= 0.3 is 6.09 Å². The number of benzene rings is 2. The van der Waals surface area contributed by atoms with E-state index in [0.29, 0.717) is 31.8 Å². The number of nitrogens with zero attached hydrogens (tertiary/aromatic N) is 2. The zero-order valence-electron chi connectivity index (χ0n) is 28.4. The van der Waals surface area contributed by atoms with Gasteiger partial charge in [0.25, 0.3) is 0 Å². The molecule has 50 heavy (non-hydrogen) atoms. The second-order valence-electron chi connectivity index (χ2n) is 14.3. The van der Waals surface area contributed by atoms with Crippen LogP contribution in [0.25, 0.3) is 10.4 Å². The number of hydrogen-bond donors (Lipinski definition) is 2. The van der Waals surface area contributed by atoms with Gasteiger partial charge in [-0.3, -0.25) is 4.98 Å². The standard InChI is InChI=1S/C37H47N3O8S2/c1-37-23-47-35-29(37)18-28(22-46-35)34(37)48-36(42)39-30(16-25-10-6-5-7-11-25)31(41)20-40-14-8-3-2-4-9-15-45-21-27-17-26(32-19-38-24-49-32)12-13-33(27)50(40,43)44/h5-7,10-13,17,19,24,28-31,34-35,41H,2-4,8-9,14-16,18,20-23H2,1H3,(H,39,42)/t28?,29?,30-,31+,34-,35-,37?/m0/s1. The zero-order chi connectivity index (χ0) is 34.7. The van der Waals surface area contributed by atoms with Crippen LogP contribution >= 0.6 is 11.3 Å². The Bertz CT molecular complexity index is 1710. The molecule has 3 fully saturated rings. The Labute approximate surface area is 298 Å². The van der Waals surface area contributed by atoms with Gasteiger partial charge < -0.3 is 29.4 Å². The first kappa shape index (κ1) is 35.5. The van der Waals surface area contributed by atoms with Crippen LogP contribution < -0.4 is 5.32 Å². The van der Waals surface area contributed by atoms with E-state index in [1.165, 1.54) is 15.6 Å². The molecule has 4 heterocycles. The van der Waals surface area contributed by atoms with Gasteiger partial charge in [-0.25, -0.2) is 13.2 Å². The molecular weight excluding hydrogens is 679 g/mol. The molecule has 1 saturated carbocycles. The molecule has 2 saturated heterocycles. The summed E-state index contributed by atoms with van der Waals surface area (Å²) >= 11 is 1.49. The summed E-state index contributed by atoms with van der Waals surface area (Å²) in [7, 11) is -4.07. The molecule has 11 nitrogen and oxygen atoms in total. The number of ether oxygens (including phenoxy) is 4. The van der Waals surface area contributed by atoms with E-state index in [1.54, 1.807) is 23.8 Å². The van der Waals surface area contributed by atoms with Gasteiger partial charge in [0.05, 0.1) is 47.2 Å². The maximum Gasteiger partial charge on any atom is 0.407 e. The second kappa shape index (κ2) is 15.4. The van der Waals surface area contributed by atoms with Crippen molar-refractivity contribution in [3.63, 3.8) is 0 Å². The molecular formula is C37H47N3O8S2. The number of alkyl carbamates (subject to hydrolysis) is 1. The highest BCUT2D eigenvalue weighted by atomic mass is 32.2. The maximum atomic E-state index is 14.5. The Morgan fingerprint density at radius 1 is 1.14 bits per heavy atom. The molecule has 0 spiro atoms. The molecule has 270 valence electrons. The molecule has 3 unspecified atom stereocenters. The number of carbonyl (C=O) groups excluding carboxylic acids is 1. The fourth-order valence-electron chi connectivity index (χ4n) is 8.12. The van der Waals surface area contributed by atoms with Crippen molar-refractivity contribution in [2.24, 2.45) is 17.3 Å². The van der Waals surface area contributed by atoms with Crippen molar-refractivity contribution < 1.29 is 37.3 Å². The Hall–Kier alpha value is -2.91. The largest absolute Gasteiger partial charge is 0.445 e. The van der Waals surface area contributed by atoms with Crippen molar-refractivity contribution in [1.29, 1.82) is 0 Å². The number of amides is 1. The van der Waals surface area contributed by atoms with Gasteiger partial charge in [-0.1, -0.05) is 62.6 Å². The number of β-amino-alcohol motifs (C(OH)–C–C–N with tert-alkyl or cyclic N) is 1. The monoisotopic (exact) mass is 725 g/mol. The van der Waals surface area contributed by atoms with Gasteiger partial charge in [-0.05, 0) is 54.5 Å². The number of aromatic nitrogens is 1. The minimum Gasteiger partial charge on any atom is -0.445 e. The summed E-state index contributed by atoms with van der Waals surface area (Å²) in [5.74, 6) is 0.241. The van der Waals surface area contributed by atoms with E-state index in [-0.39, 0.29) is 60.7 Å². The third-order valence-corrected chi connectivity index (χ3v) is 13.7. The van der Waals surface area contributed by atoms with Crippen LogP contribution in [0.3, 0.4) is 0 Å². The molecule has 3 aliphatic heterocycles. The third kappa shape index (κ3) is 7.50. The quantitative estimate of drug-likeness (QED) is 0.314. The highest BCUT2D eigenvalue weighted by Gasteiger charge is 2.63. The van der Waals surface area contributed by atoms with Crippen LogP contribution in [0.5, 0.6) is 0 Å². The summed E-state index contributed by atoms with van der Waals surface area (Å²) in [4.78, 5) is 18.9. The Morgan fingerprint density at radius 2 is 1.96 bits per heavy atom. The molecule has 4 aliphatic rings. The highest BCUT2D eigenvalue weighted by molar-refractivity contribution is 7.89. The van der Waals surface area contributed by atoms with Gasteiger partial charge in [0.15, 0.2) is 6.29 Å². The van der Waals surface area contributed by atoms with Crippen molar-refractivity contribution in [3.05, 3.63) is 71.4 Å². The van der Waals surface area contributed by atoms with Crippen LogP contribution in [0.15, 0.2) is 65.1 Å². The van der Waals surface area contributed by atoms with Crippen LogP contribution in [0, 0.1) is 17.3 Å². The molecule has 0 radical (unpaired) electrons. The number of fused-ring (bicyclic) bond motifs is 2. The summed E-state index contributed by atoms with van der Waals surface area (Å²) in [5, 5.41) is 14.8. The van der Waals surface area contributed by atoms with Crippen molar-refractivity contribution in [3.8, 4) is 10.4 Å². The lowest BCUT2D eigenvalue weighted by Gasteiger charge is -2.33. The minimum absolute atomic E-state index is 0.0747. The number of sulfonamides is 1. The number of aliphatic hydroxyl groups excluding tert-OH is 1. The maximum absolute atomic E-state index is 14.5. The van der Waals surface area contributed by atoms with Gasteiger partial charge in [0.2, 0.25) is 10.0 Å². The Kier molecular flexibility index (Phi) is 10.9. The van der Waals surface area contributed by atoms with Gasteiger partial charge in [0.1, 0.15) is 6.10 Å². The molecule has 13 heteroatoms. The van der Waals surface area contributed by atoms with E-state index in [0.717, 1.165) is 48.1 Å². The van der Waals surface area contributed by atoms with E-state index in [9.17, 15) is 18.3 Å². The molecule has 7 atom stereocenters. The number of nitrogens with one attached hydrogen (secondary N) is 1. The first-order valence-corrected chi connectivity index (χ1v) is 20.1. The molecule has 7 rings (SSSR count). The Balaban J connectivity index is 1.14. The summed E-state index contributed by atoms with van der Waals surface area (Å²) in [6, 6.07) is 14.0. The summed E-state index contributed by atoms with van der Waals surface area (Å²) in [6.45, 7) is 3.76. The minimum atomic E-state index is -4.07. The average Bonchev–Trinajstić information content (AvgIpc) is 3.82. The van der Waals surface area contributed by atoms with Crippen molar-refractivity contribution in [2.45, 2.75) is 87.9 Å². The number of hydrogen-bond acceptors (Lipinski definition) is 10. The van der Waals surface area contributed by atoms with E-state index in [1.807, 2.05) is 36.4 Å². The van der Waals surface area contributed by atoms with E-state index in [4.69, 9.17) is 18.9 Å². The topological polar surface area (TPSA) is 137 Å². The molecule has 1 amide bonds. The third-order valence-electron chi connectivity index (χ3n) is 10.9. The number of rotatable bonds is 8.